The maximum absolute atomic E-state index is 8.24. The standard InChI is InChI=1S/C31H27N2.C26H25N2.C25H23N2.2C24H21N2/c1-20-9-11-22(12-10-20)23-13-15-26-24(19-23)14-16-28-29(26)27-17-18-32(3)30(31(27)33(28)4)25-8-6-5-7-21(25)2;1-16-10-12-20(17(2)14-16)26-24-23-21-9-7-6-8-19(21)11-13-22(23)28(5)25(24)18(3)15-27(26)4;1-16-9-5-8-12-20(16)25-23-21-13-18-10-6-7-11-19(18)14-22(21)27(4)24(23)17(2)15-26(25)3;1-16-8-4-7-11-19(16)24-23-20-14-17-9-5-6-10-18(17)15-22(20)26(3)21(23)12-13-25(24)2;1-16-8-4-6-10-18(16)24-23-21(14-15-25(24)2)26(3)20-13-12-17-9-5-7-11-19(17)22(20)23/h5-19H,1-4H3;6-15H,1-5H3;5-15H,1-4H3;2*4-15H,1-3H3/q5*+1/i;1D3,3D3;;;. The second-order valence-electron chi connectivity index (χ2n) is 38.5. The van der Waals surface area contributed by atoms with Crippen LogP contribution in [0.5, 0.6) is 0 Å². The Bertz CT molecular complexity index is 9880. The second kappa shape index (κ2) is 35.3. The zero-order chi connectivity index (χ0) is 102. The predicted molar refractivity (Wildman–Crippen MR) is 591 cm³/mol. The summed E-state index contributed by atoms with van der Waals surface area (Å²) >= 11 is 0. The molecule has 10 aromatic heterocycles. The predicted octanol–water partition coefficient (Wildman–Crippen LogP) is 29.3. The molecule has 26 rings (SSSR count). The van der Waals surface area contributed by atoms with Crippen molar-refractivity contribution in [1.29, 1.82) is 0 Å². The molecule has 0 fully saturated rings. The average molecular weight is 1830 g/mol. The van der Waals surface area contributed by atoms with Gasteiger partial charge in [-0.2, -0.15) is 4.57 Å². The SMILES string of the molecule is Cc1ccc(-c2ccc3c(ccc4c3c3cc[n+](C)c(-c5ccccc5C)c3n4C)c2)cc1.Cc1ccccc1-c1c2c3c4ccccc4ccc3n(C)c2cc[n+]1C.Cc1ccccc1-c1c2c3cc4ccccc4cc3n(C)c2c(C)c[n+]1C.Cc1ccccc1-c1c2c3cc4ccccc4cc3n(C)c2cc[n+]1C.[2H]C([2H])([2H])c1ccc(-c2c3c4c5ccccc5ccc4n(C)c3c(C([2H])([2H])[2H])c[n+]2C)c(C)c1. The van der Waals surface area contributed by atoms with E-state index in [1.165, 1.54) is 220 Å². The van der Waals surface area contributed by atoms with E-state index in [4.69, 9.17) is 8.22 Å². The van der Waals surface area contributed by atoms with Gasteiger partial charge >= 0.3 is 0 Å². The molecule has 0 atom stereocenters. The molecule has 0 aliphatic carbocycles. The highest BCUT2D eigenvalue weighted by Gasteiger charge is 2.31. The summed E-state index contributed by atoms with van der Waals surface area (Å²) < 4.78 is 70.3. The van der Waals surface area contributed by atoms with E-state index in [2.05, 4.69) is 456 Å². The zero-order valence-electron chi connectivity index (χ0n) is 88.6. The lowest BCUT2D eigenvalue weighted by molar-refractivity contribution is -0.659. The van der Waals surface area contributed by atoms with Gasteiger partial charge in [-0.3, -0.25) is 0 Å². The topological polar surface area (TPSA) is 44.0 Å². The third-order valence-electron chi connectivity index (χ3n) is 29.7. The average Bonchev–Trinajstić information content (AvgIpc) is 1.56. The summed E-state index contributed by atoms with van der Waals surface area (Å²) in [7, 11) is 21.1. The van der Waals surface area contributed by atoms with Crippen molar-refractivity contribution >= 4 is 163 Å². The van der Waals surface area contributed by atoms with Gasteiger partial charge in [0.05, 0.1) is 49.2 Å². The minimum Gasteiger partial charge on any atom is -0.343 e. The first-order valence-corrected chi connectivity index (χ1v) is 48.3. The maximum Gasteiger partial charge on any atom is 0.237 e. The van der Waals surface area contributed by atoms with Crippen LogP contribution in [0, 0.1) is 62.2 Å². The maximum atomic E-state index is 8.24. The van der Waals surface area contributed by atoms with E-state index in [-0.39, 0.29) is 11.1 Å². The molecular formula is C130H117N10+5. The molecule has 10 heterocycles. The Hall–Kier alpha value is -16.4. The second-order valence-corrected chi connectivity index (χ2v) is 38.5. The molecule has 26 aromatic rings. The number of hydrogen-bond acceptors (Lipinski definition) is 0. The number of benzene rings is 16. The number of fused-ring (bicyclic) bond motifs is 23. The summed E-state index contributed by atoms with van der Waals surface area (Å²) in [5, 5.41) is 24.9. The van der Waals surface area contributed by atoms with Crippen LogP contribution in [-0.2, 0) is 70.5 Å². The van der Waals surface area contributed by atoms with Gasteiger partial charge in [-0.25, -0.2) is 18.3 Å². The first-order valence-electron chi connectivity index (χ1n) is 51.3. The van der Waals surface area contributed by atoms with Gasteiger partial charge in [0.15, 0.2) is 31.0 Å². The van der Waals surface area contributed by atoms with Gasteiger partial charge in [0.1, 0.15) is 40.8 Å². The number of aromatic nitrogens is 10. The number of nitrogens with zero attached hydrogens (tertiary/aromatic N) is 10. The minimum absolute atomic E-state index is 0.285. The quantitative estimate of drug-likeness (QED) is 0.149. The van der Waals surface area contributed by atoms with Crippen LogP contribution in [0.3, 0.4) is 0 Å². The van der Waals surface area contributed by atoms with Crippen molar-refractivity contribution in [2.45, 2.75) is 62.2 Å². The number of pyridine rings is 5. The lowest BCUT2D eigenvalue weighted by Gasteiger charge is -2.09. The van der Waals surface area contributed by atoms with E-state index in [0.717, 1.165) is 43.9 Å². The molecule has 0 saturated carbocycles. The van der Waals surface area contributed by atoms with Crippen LogP contribution >= 0.6 is 0 Å². The molecule has 0 aliphatic heterocycles. The van der Waals surface area contributed by atoms with Crippen LogP contribution in [-0.4, -0.2) is 22.8 Å². The van der Waals surface area contributed by atoms with Crippen LogP contribution in [0.15, 0.2) is 365 Å². The molecule has 0 radical (unpaired) electrons. The van der Waals surface area contributed by atoms with E-state index in [0.29, 0.717) is 5.52 Å². The number of hydrogen-bond donors (Lipinski definition) is 0. The summed E-state index contributed by atoms with van der Waals surface area (Å²) in [6.45, 7) is 10.5. The highest BCUT2D eigenvalue weighted by molar-refractivity contribution is 6.27. The first-order chi connectivity index (χ1) is 70.3. The monoisotopic (exact) mass is 1820 g/mol. The molecule has 10 heteroatoms. The molecule has 0 unspecified atom stereocenters. The van der Waals surface area contributed by atoms with Crippen molar-refractivity contribution in [3.05, 3.63) is 415 Å². The molecule has 16 aromatic carbocycles. The van der Waals surface area contributed by atoms with Gasteiger partial charge in [0.25, 0.3) is 0 Å². The van der Waals surface area contributed by atoms with Crippen molar-refractivity contribution in [3.8, 4) is 67.4 Å². The lowest BCUT2D eigenvalue weighted by Crippen LogP contribution is -2.31. The summed E-state index contributed by atoms with van der Waals surface area (Å²) in [6.07, 6.45) is 10.5. The highest BCUT2D eigenvalue weighted by Crippen LogP contribution is 2.47. The number of rotatable bonds is 6. The van der Waals surface area contributed by atoms with Gasteiger partial charge in [-0.1, -0.05) is 248 Å². The molecule has 0 aliphatic rings. The van der Waals surface area contributed by atoms with E-state index < -0.39 is 13.7 Å². The smallest absolute Gasteiger partial charge is 0.237 e. The van der Waals surface area contributed by atoms with Crippen molar-refractivity contribution in [2.75, 3.05) is 0 Å². The fourth-order valence-electron chi connectivity index (χ4n) is 22.8. The molecule has 10 nitrogen and oxygen atoms in total. The Balaban J connectivity index is 0.000000104. The van der Waals surface area contributed by atoms with Crippen molar-refractivity contribution in [1.82, 2.24) is 22.8 Å². The van der Waals surface area contributed by atoms with E-state index in [1.807, 2.05) is 54.4 Å². The van der Waals surface area contributed by atoms with Crippen LogP contribution in [0.4, 0.5) is 0 Å². The third-order valence-corrected chi connectivity index (χ3v) is 29.7. The molecule has 140 heavy (non-hydrogen) atoms. The van der Waals surface area contributed by atoms with Gasteiger partial charge < -0.3 is 22.8 Å². The van der Waals surface area contributed by atoms with Crippen molar-refractivity contribution < 1.29 is 31.1 Å². The normalized spacial score (nSPS) is 12.5. The van der Waals surface area contributed by atoms with Gasteiger partial charge in [-0.05, 0) is 234 Å². The Morgan fingerprint density at radius 1 is 0.200 bits per heavy atom. The fourth-order valence-corrected chi connectivity index (χ4v) is 22.8. The molecule has 682 valence electrons. The molecule has 0 amide bonds. The lowest BCUT2D eigenvalue weighted by atomic mass is 9.96. The van der Waals surface area contributed by atoms with Gasteiger partial charge in [0.2, 0.25) is 28.5 Å². The molecule has 0 N–H and O–H groups in total. The summed E-state index contributed by atoms with van der Waals surface area (Å²) in [4.78, 5) is 0. The molecule has 0 bridgehead atoms. The Labute approximate surface area is 826 Å². The largest absolute Gasteiger partial charge is 0.343 e. The van der Waals surface area contributed by atoms with Crippen LogP contribution in [0.2, 0.25) is 0 Å². The third kappa shape index (κ3) is 14.8. The van der Waals surface area contributed by atoms with Crippen LogP contribution < -0.4 is 22.8 Å². The molecule has 0 spiro atoms. The molecule has 0 saturated heterocycles. The summed E-state index contributed by atoms with van der Waals surface area (Å²) in [5.41, 5.74) is 35.5. The van der Waals surface area contributed by atoms with Crippen molar-refractivity contribution in [2.24, 2.45) is 70.5 Å². The zero-order valence-corrected chi connectivity index (χ0v) is 82.6. The highest BCUT2D eigenvalue weighted by atomic mass is 15.0. The van der Waals surface area contributed by atoms with Crippen LogP contribution in [0.25, 0.3) is 230 Å². The van der Waals surface area contributed by atoms with Gasteiger partial charge in [-0.15, -0.1) is 0 Å². The first kappa shape index (κ1) is 81.9. The summed E-state index contributed by atoms with van der Waals surface area (Å²) in [6, 6.07) is 119. The van der Waals surface area contributed by atoms with Crippen molar-refractivity contribution in [3.63, 3.8) is 0 Å². The van der Waals surface area contributed by atoms with E-state index in [1.54, 1.807) is 18.3 Å². The molecular weight excluding hydrogens is 1700 g/mol. The summed E-state index contributed by atoms with van der Waals surface area (Å²) in [5.74, 6) is 0. The Morgan fingerprint density at radius 3 is 1.11 bits per heavy atom. The number of aryl methyl sites for hydroxylation is 19. The van der Waals surface area contributed by atoms with Crippen LogP contribution in [0.1, 0.15) is 58.3 Å². The minimum atomic E-state index is -2.30. The Kier molecular flexibility index (Phi) is 20.6. The van der Waals surface area contributed by atoms with E-state index in [9.17, 15) is 0 Å². The van der Waals surface area contributed by atoms with Gasteiger partial charge in [0, 0.05) is 155 Å². The van der Waals surface area contributed by atoms with E-state index >= 15 is 0 Å². The Morgan fingerprint density at radius 2 is 0.571 bits per heavy atom. The fraction of sp³-hybridized carbons (Fsp3) is 0.146.